The summed E-state index contributed by atoms with van der Waals surface area (Å²) in [7, 11) is 0. The molecule has 8 aromatic rings. The molecule has 0 saturated carbocycles. The van der Waals surface area contributed by atoms with E-state index in [1.54, 1.807) is 0 Å². The third kappa shape index (κ3) is 3.04. The van der Waals surface area contributed by atoms with Crippen LogP contribution in [0.2, 0.25) is 0 Å². The molecule has 0 bridgehead atoms. The first-order valence-corrected chi connectivity index (χ1v) is 14.8. The van der Waals surface area contributed by atoms with E-state index in [4.69, 9.17) is 0 Å². The highest BCUT2D eigenvalue weighted by Crippen LogP contribution is 2.51. The number of aromatic nitrogens is 2. The second-order valence-corrected chi connectivity index (χ2v) is 12.3. The zero-order chi connectivity index (χ0) is 28.2. The van der Waals surface area contributed by atoms with Crippen molar-refractivity contribution in [2.75, 3.05) is 0 Å². The second kappa shape index (κ2) is 8.24. The van der Waals surface area contributed by atoms with Crippen molar-refractivity contribution >= 4 is 43.6 Å². The molecule has 200 valence electrons. The van der Waals surface area contributed by atoms with E-state index in [-0.39, 0.29) is 5.41 Å². The van der Waals surface area contributed by atoms with Crippen LogP contribution in [0, 0.1) is 6.92 Å². The van der Waals surface area contributed by atoms with Gasteiger partial charge in [0.05, 0.1) is 22.1 Å². The van der Waals surface area contributed by atoms with E-state index < -0.39 is 0 Å². The Hall–Kier alpha value is -5.08. The average Bonchev–Trinajstić information content (AvgIpc) is 3.60. The van der Waals surface area contributed by atoms with Crippen LogP contribution in [0.3, 0.4) is 0 Å². The van der Waals surface area contributed by atoms with Crippen LogP contribution in [0.5, 0.6) is 0 Å². The van der Waals surface area contributed by atoms with Crippen LogP contribution in [0.15, 0.2) is 127 Å². The van der Waals surface area contributed by atoms with Gasteiger partial charge in [0.25, 0.3) is 0 Å². The van der Waals surface area contributed by atoms with Gasteiger partial charge in [-0.25, -0.2) is 0 Å². The maximum Gasteiger partial charge on any atom is 0.0547 e. The van der Waals surface area contributed by atoms with Crippen molar-refractivity contribution in [2.45, 2.75) is 26.2 Å². The molecule has 0 spiro atoms. The summed E-state index contributed by atoms with van der Waals surface area (Å²) in [6.07, 6.45) is 0. The molecule has 1 aliphatic carbocycles. The molecule has 0 N–H and O–H groups in total. The molecule has 0 saturated heterocycles. The zero-order valence-electron chi connectivity index (χ0n) is 24.0. The molecule has 0 atom stereocenters. The lowest BCUT2D eigenvalue weighted by Gasteiger charge is -2.21. The van der Waals surface area contributed by atoms with Crippen LogP contribution >= 0.6 is 0 Å². The molecule has 6 aromatic carbocycles. The van der Waals surface area contributed by atoms with E-state index in [0.29, 0.717) is 0 Å². The van der Waals surface area contributed by atoms with Crippen molar-refractivity contribution in [2.24, 2.45) is 0 Å². The van der Waals surface area contributed by atoms with Crippen LogP contribution in [-0.2, 0) is 5.41 Å². The maximum absolute atomic E-state index is 2.47. The van der Waals surface area contributed by atoms with Crippen LogP contribution in [0.25, 0.3) is 66.1 Å². The van der Waals surface area contributed by atoms with Crippen LogP contribution in [0.1, 0.15) is 30.5 Å². The van der Waals surface area contributed by atoms with Gasteiger partial charge in [0.15, 0.2) is 0 Å². The summed E-state index contributed by atoms with van der Waals surface area (Å²) in [5.74, 6) is 0. The largest absolute Gasteiger partial charge is 0.309 e. The summed E-state index contributed by atoms with van der Waals surface area (Å²) in [4.78, 5) is 0. The number of fused-ring (bicyclic) bond motifs is 9. The van der Waals surface area contributed by atoms with Gasteiger partial charge in [-0.3, -0.25) is 0 Å². The first-order valence-electron chi connectivity index (χ1n) is 14.8. The number of hydrogen-bond donors (Lipinski definition) is 0. The van der Waals surface area contributed by atoms with Crippen LogP contribution < -0.4 is 0 Å². The summed E-state index contributed by atoms with van der Waals surface area (Å²) < 4.78 is 4.87. The van der Waals surface area contributed by atoms with Crippen molar-refractivity contribution in [3.8, 4) is 22.5 Å². The number of aryl methyl sites for hydroxylation is 1. The molecule has 0 fully saturated rings. The Morgan fingerprint density at radius 3 is 1.76 bits per heavy atom. The van der Waals surface area contributed by atoms with E-state index in [1.165, 1.54) is 82.8 Å². The summed E-state index contributed by atoms with van der Waals surface area (Å²) in [5.41, 5.74) is 14.1. The van der Waals surface area contributed by atoms with Gasteiger partial charge < -0.3 is 9.13 Å². The predicted molar refractivity (Wildman–Crippen MR) is 177 cm³/mol. The number of rotatable bonds is 2. The lowest BCUT2D eigenvalue weighted by molar-refractivity contribution is 0.661. The van der Waals surface area contributed by atoms with Crippen LogP contribution in [-0.4, -0.2) is 9.13 Å². The molecule has 2 nitrogen and oxygen atoms in total. The van der Waals surface area contributed by atoms with Gasteiger partial charge in [-0.05, 0) is 83.8 Å². The highest BCUT2D eigenvalue weighted by molar-refractivity contribution is 6.12. The molecular weight excluding hydrogens is 508 g/mol. The zero-order valence-corrected chi connectivity index (χ0v) is 24.0. The third-order valence-electron chi connectivity index (χ3n) is 9.55. The molecule has 0 unspecified atom stereocenters. The van der Waals surface area contributed by atoms with E-state index >= 15 is 0 Å². The van der Waals surface area contributed by atoms with E-state index in [9.17, 15) is 0 Å². The van der Waals surface area contributed by atoms with Crippen molar-refractivity contribution in [3.05, 3.63) is 144 Å². The Morgan fingerprint density at radius 2 is 1.02 bits per heavy atom. The first-order chi connectivity index (χ1) is 20.5. The summed E-state index contributed by atoms with van der Waals surface area (Å²) in [5, 5.41) is 5.18. The fourth-order valence-corrected chi connectivity index (χ4v) is 7.58. The van der Waals surface area contributed by atoms with Gasteiger partial charge >= 0.3 is 0 Å². The van der Waals surface area contributed by atoms with E-state index in [1.807, 2.05) is 0 Å². The van der Waals surface area contributed by atoms with Gasteiger partial charge in [-0.1, -0.05) is 92.2 Å². The molecule has 9 rings (SSSR count). The summed E-state index contributed by atoms with van der Waals surface area (Å²) in [6.45, 7) is 6.92. The molecular formula is C40H30N2. The summed E-state index contributed by atoms with van der Waals surface area (Å²) in [6, 6.07) is 47.2. The lowest BCUT2D eigenvalue weighted by Crippen LogP contribution is -2.14. The quantitative estimate of drug-likeness (QED) is 0.207. The van der Waals surface area contributed by atoms with Gasteiger partial charge in [-0.2, -0.15) is 0 Å². The Bertz CT molecular complexity index is 2340. The second-order valence-electron chi connectivity index (χ2n) is 12.3. The van der Waals surface area contributed by atoms with Gasteiger partial charge in [0.2, 0.25) is 0 Å². The minimum absolute atomic E-state index is 0.0329. The number of hydrogen-bond acceptors (Lipinski definition) is 0. The maximum atomic E-state index is 2.47. The minimum Gasteiger partial charge on any atom is -0.309 e. The van der Waals surface area contributed by atoms with Crippen molar-refractivity contribution < 1.29 is 0 Å². The van der Waals surface area contributed by atoms with E-state index in [0.717, 1.165) is 0 Å². The number of nitrogens with zero attached hydrogens (tertiary/aromatic N) is 2. The molecule has 2 heterocycles. The standard InChI is InChI=1S/C40H30N2/c1-25-19-20-38-32(21-25)33-23-35-31(28-13-4-7-16-34(28)40(35,2)3)24-39(33)42(38)27-12-10-11-26(22-27)41-36-17-8-5-14-29(36)30-15-6-9-18-37(30)41/h4-24H,1-3H3. The topological polar surface area (TPSA) is 9.86 Å². The first kappa shape index (κ1) is 23.6. The average molecular weight is 539 g/mol. The molecule has 0 radical (unpaired) electrons. The monoisotopic (exact) mass is 538 g/mol. The fraction of sp³-hybridized carbons (Fsp3) is 0.100. The predicted octanol–water partition coefficient (Wildman–Crippen LogP) is 10.5. The fourth-order valence-electron chi connectivity index (χ4n) is 7.58. The SMILES string of the molecule is Cc1ccc2c(c1)c1cc3c(cc1n2-c1cccc(-n2c4ccccc4c4ccccc42)c1)-c1ccccc1C3(C)C. The Labute approximate surface area is 245 Å². The van der Waals surface area contributed by atoms with Crippen molar-refractivity contribution in [3.63, 3.8) is 0 Å². The third-order valence-corrected chi connectivity index (χ3v) is 9.55. The highest BCUT2D eigenvalue weighted by atomic mass is 15.0. The molecule has 0 aliphatic heterocycles. The highest BCUT2D eigenvalue weighted by Gasteiger charge is 2.36. The number of para-hydroxylation sites is 2. The van der Waals surface area contributed by atoms with Gasteiger partial charge in [-0.15, -0.1) is 0 Å². The normalized spacial score (nSPS) is 13.8. The van der Waals surface area contributed by atoms with Crippen molar-refractivity contribution in [1.82, 2.24) is 9.13 Å². The minimum atomic E-state index is -0.0329. The van der Waals surface area contributed by atoms with Gasteiger partial charge in [0.1, 0.15) is 0 Å². The molecule has 2 heteroatoms. The Morgan fingerprint density at radius 1 is 0.429 bits per heavy atom. The van der Waals surface area contributed by atoms with Crippen LogP contribution in [0.4, 0.5) is 0 Å². The molecule has 1 aliphatic rings. The smallest absolute Gasteiger partial charge is 0.0547 e. The Kier molecular flexibility index (Phi) is 4.63. The molecule has 0 amide bonds. The van der Waals surface area contributed by atoms with Gasteiger partial charge in [0, 0.05) is 38.3 Å². The molecule has 42 heavy (non-hydrogen) atoms. The van der Waals surface area contributed by atoms with E-state index in [2.05, 4.69) is 157 Å². The lowest BCUT2D eigenvalue weighted by atomic mass is 9.82. The Balaban J connectivity index is 1.36. The number of benzene rings is 6. The van der Waals surface area contributed by atoms with Crippen molar-refractivity contribution in [1.29, 1.82) is 0 Å². The summed E-state index contributed by atoms with van der Waals surface area (Å²) >= 11 is 0. The molecule has 2 aromatic heterocycles.